The molecule has 3 heteroatoms. The van der Waals surface area contributed by atoms with Crippen LogP contribution >= 0.6 is 0 Å². The van der Waals surface area contributed by atoms with Gasteiger partial charge >= 0.3 is 0 Å². The van der Waals surface area contributed by atoms with E-state index in [1.54, 1.807) is 5.57 Å². The van der Waals surface area contributed by atoms with Crippen LogP contribution in [-0.4, -0.2) is 33.1 Å². The first-order valence-corrected chi connectivity index (χ1v) is 11.9. The van der Waals surface area contributed by atoms with Crippen molar-refractivity contribution in [2.45, 2.75) is 103 Å². The Kier molecular flexibility index (Phi) is 7.16. The summed E-state index contributed by atoms with van der Waals surface area (Å²) >= 11 is 0. The topological polar surface area (TPSA) is 60.7 Å². The molecule has 0 heterocycles. The van der Waals surface area contributed by atoms with Gasteiger partial charge in [-0.2, -0.15) is 0 Å². The van der Waals surface area contributed by atoms with E-state index in [9.17, 15) is 15.3 Å². The number of rotatable bonds is 6. The van der Waals surface area contributed by atoms with Crippen molar-refractivity contribution < 1.29 is 15.3 Å². The first kappa shape index (κ1) is 23.5. The Balaban J connectivity index is 1.71. The zero-order chi connectivity index (χ0) is 22.1. The predicted octanol–water partition coefficient (Wildman–Crippen LogP) is 5.62. The Labute approximate surface area is 183 Å². The average molecular weight is 415 g/mol. The molecular weight excluding hydrogens is 372 g/mol. The third kappa shape index (κ3) is 5.18. The first-order valence-electron chi connectivity index (χ1n) is 11.9. The monoisotopic (exact) mass is 414 g/mol. The molecular formula is C27H42O3. The van der Waals surface area contributed by atoms with Crippen molar-refractivity contribution in [3.05, 3.63) is 47.1 Å². The number of hydrogen-bond donors (Lipinski definition) is 3. The van der Waals surface area contributed by atoms with Crippen LogP contribution in [0.2, 0.25) is 0 Å². The van der Waals surface area contributed by atoms with Gasteiger partial charge in [-0.1, -0.05) is 56.2 Å². The lowest BCUT2D eigenvalue weighted by Gasteiger charge is -2.42. The maximum Gasteiger partial charge on any atom is 0.0811 e. The summed E-state index contributed by atoms with van der Waals surface area (Å²) in [4.78, 5) is 0. The molecule has 0 aromatic carbocycles. The molecule has 2 saturated carbocycles. The van der Waals surface area contributed by atoms with Crippen molar-refractivity contribution in [2.24, 2.45) is 17.3 Å². The highest BCUT2D eigenvalue weighted by Crippen LogP contribution is 2.57. The second-order valence-electron chi connectivity index (χ2n) is 10.9. The summed E-state index contributed by atoms with van der Waals surface area (Å²) in [5, 5.41) is 30.2. The van der Waals surface area contributed by atoms with Gasteiger partial charge in [-0.05, 0) is 87.2 Å². The smallest absolute Gasteiger partial charge is 0.0811 e. The van der Waals surface area contributed by atoms with Crippen molar-refractivity contribution in [2.75, 3.05) is 0 Å². The number of fused-ring (bicyclic) bond motifs is 1. The molecule has 3 nitrogen and oxygen atoms in total. The molecule has 3 aliphatic rings. The van der Waals surface area contributed by atoms with E-state index < -0.39 is 17.8 Å². The van der Waals surface area contributed by atoms with E-state index in [1.807, 2.05) is 13.8 Å². The first-order chi connectivity index (χ1) is 14.0. The van der Waals surface area contributed by atoms with Crippen LogP contribution in [-0.2, 0) is 0 Å². The quantitative estimate of drug-likeness (QED) is 0.494. The molecule has 0 radical (unpaired) electrons. The molecule has 3 aliphatic carbocycles. The van der Waals surface area contributed by atoms with E-state index in [1.165, 1.54) is 18.4 Å². The van der Waals surface area contributed by atoms with Gasteiger partial charge in [-0.3, -0.25) is 0 Å². The van der Waals surface area contributed by atoms with Crippen LogP contribution < -0.4 is 0 Å². The van der Waals surface area contributed by atoms with Gasteiger partial charge in [0.15, 0.2) is 0 Å². The van der Waals surface area contributed by atoms with Crippen molar-refractivity contribution in [1.82, 2.24) is 0 Å². The van der Waals surface area contributed by atoms with Crippen molar-refractivity contribution >= 4 is 0 Å². The van der Waals surface area contributed by atoms with E-state index in [-0.39, 0.29) is 5.41 Å². The van der Waals surface area contributed by atoms with Crippen molar-refractivity contribution in [3.8, 4) is 0 Å². The Morgan fingerprint density at radius 2 is 2.03 bits per heavy atom. The summed E-state index contributed by atoms with van der Waals surface area (Å²) in [5.74, 6) is 1.12. The molecule has 0 spiro atoms. The van der Waals surface area contributed by atoms with E-state index in [0.717, 1.165) is 43.3 Å². The van der Waals surface area contributed by atoms with Crippen LogP contribution in [0.3, 0.4) is 0 Å². The minimum atomic E-state index is -0.625. The van der Waals surface area contributed by atoms with Crippen LogP contribution in [0.5, 0.6) is 0 Å². The lowest BCUT2D eigenvalue weighted by molar-refractivity contribution is 0.0670. The maximum atomic E-state index is 10.1. The molecule has 2 fully saturated rings. The summed E-state index contributed by atoms with van der Waals surface area (Å²) in [6.07, 6.45) is 14.5. The van der Waals surface area contributed by atoms with Crippen LogP contribution in [0.15, 0.2) is 47.1 Å². The molecule has 0 aromatic rings. The van der Waals surface area contributed by atoms with Crippen molar-refractivity contribution in [3.63, 3.8) is 0 Å². The Hall–Kier alpha value is -1.16. The lowest BCUT2D eigenvalue weighted by atomic mass is 9.62. The van der Waals surface area contributed by atoms with E-state index in [2.05, 4.69) is 38.7 Å². The summed E-state index contributed by atoms with van der Waals surface area (Å²) in [6.45, 7) is 12.7. The van der Waals surface area contributed by atoms with Crippen molar-refractivity contribution in [1.29, 1.82) is 0 Å². The third-order valence-corrected chi connectivity index (χ3v) is 7.83. The van der Waals surface area contributed by atoms with Gasteiger partial charge in [-0.15, -0.1) is 0 Å². The normalized spacial score (nSPS) is 36.2. The summed E-state index contributed by atoms with van der Waals surface area (Å²) in [5.41, 5.74) is 4.55. The molecule has 0 amide bonds. The van der Waals surface area contributed by atoms with Crippen LogP contribution in [0, 0.1) is 17.3 Å². The van der Waals surface area contributed by atoms with E-state index >= 15 is 0 Å². The predicted molar refractivity (Wildman–Crippen MR) is 124 cm³/mol. The molecule has 0 bridgehead atoms. The summed E-state index contributed by atoms with van der Waals surface area (Å²) < 4.78 is 0. The Morgan fingerprint density at radius 1 is 1.30 bits per heavy atom. The number of aliphatic hydroxyl groups excluding tert-OH is 2. The molecule has 0 aliphatic heterocycles. The Bertz CT molecular complexity index is 736. The second-order valence-corrected chi connectivity index (χ2v) is 10.9. The minimum absolute atomic E-state index is 0.235. The van der Waals surface area contributed by atoms with Crippen LogP contribution in [0.4, 0.5) is 0 Å². The fourth-order valence-electron chi connectivity index (χ4n) is 6.08. The van der Waals surface area contributed by atoms with E-state index in [4.69, 9.17) is 0 Å². The molecule has 30 heavy (non-hydrogen) atoms. The average Bonchev–Trinajstić information content (AvgIpc) is 3.00. The highest BCUT2D eigenvalue weighted by molar-refractivity contribution is 5.40. The van der Waals surface area contributed by atoms with Gasteiger partial charge in [0.25, 0.3) is 0 Å². The highest BCUT2D eigenvalue weighted by atomic mass is 16.3. The molecule has 5 atom stereocenters. The lowest BCUT2D eigenvalue weighted by Crippen LogP contribution is -2.32. The fraction of sp³-hybridized carbons (Fsp3) is 0.704. The second kappa shape index (κ2) is 9.14. The SMILES string of the molecule is C=C1/C(=C\C=C2/CCC[C@]3(C)C([C@H](C)CCCC(C)(C)O)=CC[C@@H]23)C[C@@H](O)CC1O. The zero-order valence-corrected chi connectivity index (χ0v) is 19.5. The molecule has 1 unspecified atom stereocenters. The van der Waals surface area contributed by atoms with E-state index in [0.29, 0.717) is 24.7 Å². The van der Waals surface area contributed by atoms with Gasteiger partial charge in [0.05, 0.1) is 17.8 Å². The van der Waals surface area contributed by atoms with Gasteiger partial charge in [0.1, 0.15) is 0 Å². The van der Waals surface area contributed by atoms with Gasteiger partial charge < -0.3 is 15.3 Å². The van der Waals surface area contributed by atoms with Gasteiger partial charge in [0.2, 0.25) is 0 Å². The maximum absolute atomic E-state index is 10.1. The van der Waals surface area contributed by atoms with Gasteiger partial charge in [0, 0.05) is 6.42 Å². The standard InChI is InChI=1S/C27H42O3/c1-18(8-6-14-26(3,4)30)23-12-13-24-20(9-7-15-27(23,24)5)10-11-21-16-22(28)17-25(29)19(21)2/h10-12,18,22,24-25,28-30H,2,6-9,13-17H2,1,3-5H3/b20-10+,21-11-/t18-,22-,24+,25?,27-/m1/s1. The molecule has 0 aromatic heterocycles. The molecule has 168 valence electrons. The summed E-state index contributed by atoms with van der Waals surface area (Å²) in [6, 6.07) is 0. The van der Waals surface area contributed by atoms with Gasteiger partial charge in [-0.25, -0.2) is 0 Å². The fourth-order valence-corrected chi connectivity index (χ4v) is 6.08. The third-order valence-electron chi connectivity index (χ3n) is 7.83. The summed E-state index contributed by atoms with van der Waals surface area (Å²) in [7, 11) is 0. The molecule has 3 N–H and O–H groups in total. The highest BCUT2D eigenvalue weighted by Gasteiger charge is 2.45. The number of allylic oxidation sites excluding steroid dienone is 5. The molecule has 3 rings (SSSR count). The zero-order valence-electron chi connectivity index (χ0n) is 19.5. The largest absolute Gasteiger partial charge is 0.393 e. The number of hydrogen-bond acceptors (Lipinski definition) is 3. The Morgan fingerprint density at radius 3 is 2.73 bits per heavy atom. The number of aliphatic hydroxyl groups is 3. The molecule has 0 saturated heterocycles. The van der Waals surface area contributed by atoms with Crippen LogP contribution in [0.1, 0.15) is 85.5 Å². The van der Waals surface area contributed by atoms with Crippen LogP contribution in [0.25, 0.3) is 0 Å². The minimum Gasteiger partial charge on any atom is -0.393 e.